The molecule has 0 unspecified atom stereocenters. The molecule has 9 heteroatoms. The molecule has 0 saturated carbocycles. The highest BCUT2D eigenvalue weighted by molar-refractivity contribution is 7.91. The third-order valence-electron chi connectivity index (χ3n) is 5.62. The number of hydrogen-bond donors (Lipinski definition) is 0. The predicted octanol–water partition coefficient (Wildman–Crippen LogP) is 3.29. The molecule has 168 valence electrons. The second-order valence-corrected chi connectivity index (χ2v) is 11.0. The zero-order chi connectivity index (χ0) is 21.8. The smallest absolute Gasteiger partial charge is 0.252 e. The molecule has 2 aromatic rings. The Morgan fingerprint density at radius 1 is 1.10 bits per heavy atom. The lowest BCUT2D eigenvalue weighted by atomic mass is 10.1. The van der Waals surface area contributed by atoms with Crippen molar-refractivity contribution in [1.82, 2.24) is 9.21 Å². The first-order chi connectivity index (χ1) is 15.0. The van der Waals surface area contributed by atoms with Crippen LogP contribution in [0.4, 0.5) is 0 Å². The van der Waals surface area contributed by atoms with Crippen molar-refractivity contribution >= 4 is 27.3 Å². The number of hydrogen-bond acceptors (Lipinski definition) is 6. The molecule has 0 atom stereocenters. The van der Waals surface area contributed by atoms with Gasteiger partial charge in [-0.05, 0) is 38.0 Å². The summed E-state index contributed by atoms with van der Waals surface area (Å²) in [7, 11) is -3.47. The van der Waals surface area contributed by atoms with Crippen LogP contribution in [0.5, 0.6) is 11.5 Å². The quantitative estimate of drug-likeness (QED) is 0.629. The van der Waals surface area contributed by atoms with Crippen LogP contribution in [0.15, 0.2) is 34.5 Å². The minimum absolute atomic E-state index is 0.0411. The summed E-state index contributed by atoms with van der Waals surface area (Å²) in [5.74, 6) is 1.37. The van der Waals surface area contributed by atoms with E-state index in [1.807, 2.05) is 25.1 Å². The van der Waals surface area contributed by atoms with Crippen LogP contribution in [0.2, 0.25) is 0 Å². The van der Waals surface area contributed by atoms with Crippen LogP contribution in [0.3, 0.4) is 0 Å². The molecular weight excluding hydrogens is 436 g/mol. The van der Waals surface area contributed by atoms with Gasteiger partial charge in [-0.2, -0.15) is 4.31 Å². The Balaban J connectivity index is 1.44. The normalized spacial score (nSPS) is 16.8. The topological polar surface area (TPSA) is 76.1 Å². The Bertz CT molecular complexity index is 1030. The second kappa shape index (κ2) is 9.58. The Morgan fingerprint density at radius 2 is 1.87 bits per heavy atom. The number of amides is 1. The maximum absolute atomic E-state index is 13.0. The first kappa shape index (κ1) is 22.1. The van der Waals surface area contributed by atoms with Crippen molar-refractivity contribution in [3.8, 4) is 11.5 Å². The number of carbonyl (C=O) groups is 1. The van der Waals surface area contributed by atoms with E-state index in [0.717, 1.165) is 29.7 Å². The predicted molar refractivity (Wildman–Crippen MR) is 119 cm³/mol. The maximum atomic E-state index is 13.0. The molecule has 0 spiro atoms. The van der Waals surface area contributed by atoms with E-state index < -0.39 is 10.0 Å². The summed E-state index contributed by atoms with van der Waals surface area (Å²) in [6, 6.07) is 9.10. The van der Waals surface area contributed by atoms with Crippen LogP contribution in [0.25, 0.3) is 0 Å². The molecular formula is C22H28N2O5S2. The summed E-state index contributed by atoms with van der Waals surface area (Å²) in [6.45, 7) is 5.07. The number of benzene rings is 1. The lowest BCUT2D eigenvalue weighted by Crippen LogP contribution is -2.35. The van der Waals surface area contributed by atoms with Crippen molar-refractivity contribution in [2.45, 2.75) is 43.4 Å². The lowest BCUT2D eigenvalue weighted by molar-refractivity contribution is -0.130. The summed E-state index contributed by atoms with van der Waals surface area (Å²) in [4.78, 5) is 15.5. The van der Waals surface area contributed by atoms with Crippen LogP contribution in [0, 0.1) is 0 Å². The third kappa shape index (κ3) is 4.88. The molecule has 2 aliphatic rings. The van der Waals surface area contributed by atoms with E-state index in [1.165, 1.54) is 11.3 Å². The summed E-state index contributed by atoms with van der Waals surface area (Å²) in [5.41, 5.74) is 0.909. The first-order valence-corrected chi connectivity index (χ1v) is 13.0. The molecule has 31 heavy (non-hydrogen) atoms. The molecule has 0 bridgehead atoms. The number of para-hydroxylation sites is 1. The Labute approximate surface area is 187 Å². The van der Waals surface area contributed by atoms with Gasteiger partial charge in [-0.25, -0.2) is 8.42 Å². The fraction of sp³-hybridized carbons (Fsp3) is 0.500. The number of likely N-dealkylation sites (N-methyl/N-ethyl adjacent to an activating group) is 1. The van der Waals surface area contributed by atoms with Crippen molar-refractivity contribution in [2.24, 2.45) is 0 Å². The van der Waals surface area contributed by atoms with Crippen LogP contribution in [-0.4, -0.2) is 56.4 Å². The van der Waals surface area contributed by atoms with Crippen molar-refractivity contribution in [3.05, 3.63) is 40.8 Å². The number of fused-ring (bicyclic) bond motifs is 1. The largest absolute Gasteiger partial charge is 0.486 e. The van der Waals surface area contributed by atoms with Crippen LogP contribution < -0.4 is 9.47 Å². The fourth-order valence-electron chi connectivity index (χ4n) is 3.93. The van der Waals surface area contributed by atoms with Gasteiger partial charge in [-0.1, -0.05) is 18.6 Å². The molecule has 1 aromatic heterocycles. The number of piperidine rings is 1. The van der Waals surface area contributed by atoms with Gasteiger partial charge in [0, 0.05) is 36.6 Å². The van der Waals surface area contributed by atoms with Crippen molar-refractivity contribution in [1.29, 1.82) is 0 Å². The van der Waals surface area contributed by atoms with Crippen LogP contribution in [0.1, 0.15) is 36.6 Å². The Morgan fingerprint density at radius 3 is 2.65 bits per heavy atom. The summed E-state index contributed by atoms with van der Waals surface area (Å²) in [5, 5.41) is 0. The van der Waals surface area contributed by atoms with E-state index in [9.17, 15) is 13.2 Å². The third-order valence-corrected chi connectivity index (χ3v) is 9.07. The molecule has 0 N–H and O–H groups in total. The molecule has 0 radical (unpaired) electrons. The molecule has 2 aliphatic heterocycles. The van der Waals surface area contributed by atoms with E-state index in [1.54, 1.807) is 21.3 Å². The Kier molecular flexibility index (Phi) is 6.83. The van der Waals surface area contributed by atoms with Crippen molar-refractivity contribution in [3.63, 3.8) is 0 Å². The Hall–Kier alpha value is -2.10. The van der Waals surface area contributed by atoms with E-state index >= 15 is 0 Å². The van der Waals surface area contributed by atoms with Gasteiger partial charge < -0.3 is 14.4 Å². The molecule has 7 nitrogen and oxygen atoms in total. The van der Waals surface area contributed by atoms with Gasteiger partial charge in [0.15, 0.2) is 11.5 Å². The number of thiophene rings is 1. The number of rotatable bonds is 7. The monoisotopic (exact) mass is 464 g/mol. The highest BCUT2D eigenvalue weighted by Gasteiger charge is 2.28. The average molecular weight is 465 g/mol. The molecule has 3 heterocycles. The van der Waals surface area contributed by atoms with Gasteiger partial charge in [0.1, 0.15) is 17.4 Å². The number of sulfonamides is 1. The number of carbonyl (C=O) groups excluding carboxylic acids is 1. The van der Waals surface area contributed by atoms with Gasteiger partial charge in [0.05, 0.1) is 6.42 Å². The minimum atomic E-state index is -3.47. The second-order valence-electron chi connectivity index (χ2n) is 7.71. The summed E-state index contributed by atoms with van der Waals surface area (Å²) < 4.78 is 39.0. The van der Waals surface area contributed by atoms with Crippen molar-refractivity contribution < 1.29 is 22.7 Å². The average Bonchev–Trinajstić information content (AvgIpc) is 3.27. The highest BCUT2D eigenvalue weighted by Crippen LogP contribution is 2.34. The minimum Gasteiger partial charge on any atom is -0.486 e. The van der Waals surface area contributed by atoms with Crippen LogP contribution >= 0.6 is 11.3 Å². The molecule has 1 aromatic carbocycles. The van der Waals surface area contributed by atoms with E-state index in [4.69, 9.17) is 9.47 Å². The maximum Gasteiger partial charge on any atom is 0.252 e. The molecule has 1 amide bonds. The van der Waals surface area contributed by atoms with Gasteiger partial charge in [0.25, 0.3) is 10.0 Å². The first-order valence-electron chi connectivity index (χ1n) is 10.7. The van der Waals surface area contributed by atoms with Crippen molar-refractivity contribution in [2.75, 3.05) is 32.8 Å². The zero-order valence-electron chi connectivity index (χ0n) is 17.7. The SMILES string of the molecule is CCN(Cc1cccc2c1OCCO2)C(=O)Cc1ccc(S(=O)(=O)N2CCCCC2)s1. The molecule has 1 fully saturated rings. The lowest BCUT2D eigenvalue weighted by Gasteiger charge is -2.25. The molecule has 0 aliphatic carbocycles. The van der Waals surface area contributed by atoms with Gasteiger partial charge in [0.2, 0.25) is 5.91 Å². The molecule has 1 saturated heterocycles. The number of nitrogens with zero attached hydrogens (tertiary/aromatic N) is 2. The van der Waals surface area contributed by atoms with E-state index in [-0.39, 0.29) is 12.3 Å². The zero-order valence-corrected chi connectivity index (χ0v) is 19.3. The number of ether oxygens (including phenoxy) is 2. The van der Waals surface area contributed by atoms with Gasteiger partial charge >= 0.3 is 0 Å². The standard InChI is InChI=1S/C22H28N2O5S2/c1-2-23(16-17-7-6-8-19-22(17)29-14-13-28-19)20(25)15-18-9-10-21(30-18)31(26,27)24-11-4-3-5-12-24/h6-10H,2-5,11-16H2,1H3. The van der Waals surface area contributed by atoms with Gasteiger partial charge in [-0.15, -0.1) is 11.3 Å². The molecule has 4 rings (SSSR count). The summed E-state index contributed by atoms with van der Waals surface area (Å²) in [6.07, 6.45) is 3.06. The van der Waals surface area contributed by atoms with E-state index in [0.29, 0.717) is 55.1 Å². The fourth-order valence-corrected chi connectivity index (χ4v) is 6.94. The summed E-state index contributed by atoms with van der Waals surface area (Å²) >= 11 is 1.20. The van der Waals surface area contributed by atoms with Crippen LogP contribution in [-0.2, 0) is 27.8 Å². The highest BCUT2D eigenvalue weighted by atomic mass is 32.2. The van der Waals surface area contributed by atoms with Gasteiger partial charge in [-0.3, -0.25) is 4.79 Å². The van der Waals surface area contributed by atoms with E-state index in [2.05, 4.69) is 0 Å².